The average Bonchev–Trinajstić information content (AvgIpc) is 3.28. The van der Waals surface area contributed by atoms with Gasteiger partial charge >= 0.3 is 5.97 Å². The van der Waals surface area contributed by atoms with Crippen LogP contribution in [0.2, 0.25) is 0 Å². The van der Waals surface area contributed by atoms with Crippen LogP contribution in [-0.4, -0.2) is 120 Å². The highest BCUT2D eigenvalue weighted by atomic mass is 16.6. The van der Waals surface area contributed by atoms with Crippen LogP contribution in [0.15, 0.2) is 24.3 Å². The molecule has 0 aromatic rings. The van der Waals surface area contributed by atoms with E-state index in [1.54, 1.807) is 9.80 Å². The van der Waals surface area contributed by atoms with E-state index < -0.39 is 41.1 Å². The van der Waals surface area contributed by atoms with Crippen molar-refractivity contribution in [3.63, 3.8) is 0 Å². The smallest absolute Gasteiger partial charge is 0.313 e. The van der Waals surface area contributed by atoms with E-state index in [1.165, 1.54) is 0 Å². The number of hydrogen-bond donors (Lipinski definition) is 1. The van der Waals surface area contributed by atoms with E-state index in [0.29, 0.717) is 32.8 Å². The van der Waals surface area contributed by atoms with E-state index in [-0.39, 0.29) is 30.9 Å². The number of esters is 1. The third-order valence-electron chi connectivity index (χ3n) is 9.66. The van der Waals surface area contributed by atoms with Crippen LogP contribution in [0.25, 0.3) is 0 Å². The summed E-state index contributed by atoms with van der Waals surface area (Å²) >= 11 is 0. The molecule has 1 unspecified atom stereocenters. The van der Waals surface area contributed by atoms with Gasteiger partial charge in [-0.25, -0.2) is 0 Å². The SMILES string of the molecule is CC[C@H](C)[C@H](CO)N1C(=O)[C@@H]2[C@H]3C(=O)OCCCC/C=C\[C@@]3(C)O[C@@]23C=CCN(CCN2CCOCC2)C(=O)C13. The Balaban J connectivity index is 1.56. The second-order valence-corrected chi connectivity index (χ2v) is 12.1. The molecule has 0 bridgehead atoms. The number of carbonyl (C=O) groups excluding carboxylic acids is 3. The van der Waals surface area contributed by atoms with E-state index >= 15 is 0 Å². The zero-order valence-electron chi connectivity index (χ0n) is 24.1. The van der Waals surface area contributed by atoms with Crippen molar-refractivity contribution < 1.29 is 33.7 Å². The predicted octanol–water partition coefficient (Wildman–Crippen LogP) is 1.38. The van der Waals surface area contributed by atoms with Gasteiger partial charge in [0.05, 0.1) is 44.0 Å². The van der Waals surface area contributed by atoms with Crippen molar-refractivity contribution in [2.24, 2.45) is 17.8 Å². The van der Waals surface area contributed by atoms with E-state index in [9.17, 15) is 19.5 Å². The summed E-state index contributed by atoms with van der Waals surface area (Å²) < 4.78 is 18.0. The molecule has 1 N–H and O–H groups in total. The molecule has 0 radical (unpaired) electrons. The van der Waals surface area contributed by atoms with Crippen LogP contribution in [0.1, 0.15) is 46.5 Å². The van der Waals surface area contributed by atoms with E-state index in [0.717, 1.165) is 38.8 Å². The number of allylic oxidation sites excluding steroid dienone is 1. The molecule has 5 aliphatic rings. The van der Waals surface area contributed by atoms with E-state index in [4.69, 9.17) is 14.2 Å². The summed E-state index contributed by atoms with van der Waals surface area (Å²) in [6.07, 6.45) is 10.8. The number of hydrogen-bond acceptors (Lipinski definition) is 8. The lowest BCUT2D eigenvalue weighted by Gasteiger charge is -2.42. The van der Waals surface area contributed by atoms with Gasteiger partial charge in [-0.2, -0.15) is 0 Å². The molecule has 40 heavy (non-hydrogen) atoms. The number of nitrogens with zero attached hydrogens (tertiary/aromatic N) is 3. The lowest BCUT2D eigenvalue weighted by Crippen LogP contribution is -2.60. The van der Waals surface area contributed by atoms with Gasteiger partial charge in [0.2, 0.25) is 11.8 Å². The van der Waals surface area contributed by atoms with Gasteiger partial charge in [-0.1, -0.05) is 44.6 Å². The number of carbonyl (C=O) groups is 3. The number of aliphatic hydroxyl groups excluding tert-OH is 1. The fourth-order valence-corrected chi connectivity index (χ4v) is 7.24. The Labute approximate surface area is 237 Å². The normalized spacial score (nSPS) is 37.3. The molecule has 5 aliphatic heterocycles. The van der Waals surface area contributed by atoms with Gasteiger partial charge in [-0.05, 0) is 32.1 Å². The maximum absolute atomic E-state index is 14.5. The number of fused-ring (bicyclic) bond motifs is 2. The Morgan fingerprint density at radius 1 is 1.02 bits per heavy atom. The molecule has 10 nitrogen and oxygen atoms in total. The quantitative estimate of drug-likeness (QED) is 0.368. The van der Waals surface area contributed by atoms with E-state index in [1.807, 2.05) is 45.1 Å². The molecule has 10 heteroatoms. The first-order valence-electron chi connectivity index (χ1n) is 15.0. The molecular formula is C30H45N3O7. The highest BCUT2D eigenvalue weighted by molar-refractivity contribution is 5.99. The van der Waals surface area contributed by atoms with Crippen LogP contribution >= 0.6 is 0 Å². The molecule has 0 saturated carbocycles. The average molecular weight is 560 g/mol. The van der Waals surface area contributed by atoms with Crippen molar-refractivity contribution in [1.29, 1.82) is 0 Å². The van der Waals surface area contributed by atoms with Crippen LogP contribution in [0, 0.1) is 17.8 Å². The summed E-state index contributed by atoms with van der Waals surface area (Å²) in [5, 5.41) is 10.5. The number of aliphatic hydroxyl groups is 1. The van der Waals surface area contributed by atoms with E-state index in [2.05, 4.69) is 4.90 Å². The Morgan fingerprint density at radius 2 is 1.80 bits per heavy atom. The van der Waals surface area contributed by atoms with Crippen molar-refractivity contribution >= 4 is 17.8 Å². The molecule has 0 aromatic heterocycles. The summed E-state index contributed by atoms with van der Waals surface area (Å²) in [6, 6.07) is -1.57. The highest BCUT2D eigenvalue weighted by Crippen LogP contribution is 2.57. The van der Waals surface area contributed by atoms with Crippen molar-refractivity contribution in [2.45, 2.75) is 69.7 Å². The zero-order chi connectivity index (χ0) is 28.5. The van der Waals surface area contributed by atoms with Gasteiger partial charge in [-0.3, -0.25) is 19.3 Å². The minimum absolute atomic E-state index is 0.0612. The zero-order valence-corrected chi connectivity index (χ0v) is 24.1. The van der Waals surface area contributed by atoms with Crippen LogP contribution < -0.4 is 0 Å². The van der Waals surface area contributed by atoms with Gasteiger partial charge in [0, 0.05) is 32.7 Å². The maximum Gasteiger partial charge on any atom is 0.313 e. The number of ether oxygens (including phenoxy) is 3. The Kier molecular flexibility index (Phi) is 8.71. The summed E-state index contributed by atoms with van der Waals surface area (Å²) in [6.45, 7) is 10.4. The number of amides is 2. The summed E-state index contributed by atoms with van der Waals surface area (Å²) in [5.41, 5.74) is -2.46. The van der Waals surface area contributed by atoms with Crippen LogP contribution in [-0.2, 0) is 28.6 Å². The Hall–Kier alpha value is -2.27. The molecule has 3 saturated heterocycles. The largest absolute Gasteiger partial charge is 0.465 e. The van der Waals surface area contributed by atoms with Gasteiger partial charge in [0.1, 0.15) is 17.6 Å². The van der Waals surface area contributed by atoms with Crippen molar-refractivity contribution in [1.82, 2.24) is 14.7 Å². The second kappa shape index (κ2) is 11.9. The topological polar surface area (TPSA) is 109 Å². The van der Waals surface area contributed by atoms with Crippen LogP contribution in [0.3, 0.4) is 0 Å². The molecule has 0 aromatic carbocycles. The first-order valence-corrected chi connectivity index (χ1v) is 15.0. The first-order chi connectivity index (χ1) is 19.3. The minimum atomic E-state index is -1.35. The predicted molar refractivity (Wildman–Crippen MR) is 147 cm³/mol. The van der Waals surface area contributed by atoms with Gasteiger partial charge in [0.25, 0.3) is 0 Å². The molecule has 0 aliphatic carbocycles. The minimum Gasteiger partial charge on any atom is -0.465 e. The molecule has 2 amide bonds. The fourth-order valence-electron chi connectivity index (χ4n) is 7.24. The highest BCUT2D eigenvalue weighted by Gasteiger charge is 2.75. The maximum atomic E-state index is 14.5. The molecule has 5 heterocycles. The summed E-state index contributed by atoms with van der Waals surface area (Å²) in [7, 11) is 0. The molecule has 1 spiro atoms. The molecule has 3 fully saturated rings. The van der Waals surface area contributed by atoms with Crippen molar-refractivity contribution in [3.8, 4) is 0 Å². The monoisotopic (exact) mass is 559 g/mol. The molecule has 222 valence electrons. The molecule has 7 atom stereocenters. The second-order valence-electron chi connectivity index (χ2n) is 12.1. The lowest BCUT2D eigenvalue weighted by molar-refractivity contribution is -0.162. The van der Waals surface area contributed by atoms with Crippen LogP contribution in [0.4, 0.5) is 0 Å². The number of likely N-dealkylation sites (tertiary alicyclic amines) is 1. The first kappa shape index (κ1) is 29.2. The summed E-state index contributed by atoms with van der Waals surface area (Å²) in [4.78, 5) is 48.3. The number of morpholine rings is 1. The Bertz CT molecular complexity index is 1030. The summed E-state index contributed by atoms with van der Waals surface area (Å²) in [5.74, 6) is -2.90. The third-order valence-corrected chi connectivity index (χ3v) is 9.66. The van der Waals surface area contributed by atoms with Gasteiger partial charge < -0.3 is 29.1 Å². The van der Waals surface area contributed by atoms with Crippen molar-refractivity contribution in [2.75, 3.05) is 59.2 Å². The third kappa shape index (κ3) is 5.01. The lowest BCUT2D eigenvalue weighted by atomic mass is 9.74. The molecular weight excluding hydrogens is 514 g/mol. The van der Waals surface area contributed by atoms with Crippen molar-refractivity contribution in [3.05, 3.63) is 24.3 Å². The van der Waals surface area contributed by atoms with Gasteiger partial charge in [0.15, 0.2) is 0 Å². The Morgan fingerprint density at radius 3 is 2.52 bits per heavy atom. The fraction of sp³-hybridized carbons (Fsp3) is 0.767. The van der Waals surface area contributed by atoms with Gasteiger partial charge in [-0.15, -0.1) is 0 Å². The molecule has 5 rings (SSSR count). The number of rotatable bonds is 7. The number of cyclic esters (lactones) is 1. The van der Waals surface area contributed by atoms with Crippen LogP contribution in [0.5, 0.6) is 0 Å². The standard InChI is InChI=1S/C30H45N3O7/c1-4-21(2)22(20-34)33-25-27(36)32(14-13-31-15-18-38-19-16-31)12-9-11-30(25)23(26(33)35)24-28(37)39-17-8-6-5-7-10-29(24,3)40-30/h7,9-11,21-25,34H,4-6,8,12-20H2,1-3H3/b10-7-/t21-,22-,23-,24-,25?,29+,30-/m0/s1.